The zero-order valence-electron chi connectivity index (χ0n) is 16.3. The maximum atomic E-state index is 12.2. The molecule has 10 heteroatoms. The van der Waals surface area contributed by atoms with Gasteiger partial charge < -0.3 is 15.0 Å². The second kappa shape index (κ2) is 8.24. The number of carbonyl (C=O) groups excluding carboxylic acids is 1. The number of nitrogens with zero attached hydrogens (tertiary/aromatic N) is 4. The van der Waals surface area contributed by atoms with Crippen molar-refractivity contribution in [2.75, 3.05) is 36.9 Å². The lowest BCUT2D eigenvalue weighted by Crippen LogP contribution is -2.59. The SMILES string of the molecule is Cc1cc(N2CC(N(C)CC(=O)Nc3ccc(OC(F)(F)F)cc3)C2)nc(C)n1. The number of anilines is 2. The summed E-state index contributed by atoms with van der Waals surface area (Å²) in [6.45, 7) is 5.45. The van der Waals surface area contributed by atoms with Crippen LogP contribution in [0.5, 0.6) is 5.75 Å². The Labute approximate surface area is 166 Å². The minimum absolute atomic E-state index is 0.168. The van der Waals surface area contributed by atoms with Crippen LogP contribution in [0.2, 0.25) is 0 Å². The second-order valence-corrected chi connectivity index (χ2v) is 7.01. The number of aryl methyl sites for hydroxylation is 2. The Hall–Kier alpha value is -2.88. The van der Waals surface area contributed by atoms with Crippen molar-refractivity contribution in [2.24, 2.45) is 0 Å². The fraction of sp³-hybridized carbons (Fsp3) is 0.421. The highest BCUT2D eigenvalue weighted by Crippen LogP contribution is 2.24. The van der Waals surface area contributed by atoms with Crippen LogP contribution >= 0.6 is 0 Å². The minimum Gasteiger partial charge on any atom is -0.406 e. The molecule has 1 aromatic heterocycles. The molecular weight excluding hydrogens is 387 g/mol. The summed E-state index contributed by atoms with van der Waals surface area (Å²) >= 11 is 0. The summed E-state index contributed by atoms with van der Waals surface area (Å²) in [6, 6.07) is 7.18. The molecule has 3 rings (SSSR count). The van der Waals surface area contributed by atoms with Gasteiger partial charge in [-0.05, 0) is 45.2 Å². The van der Waals surface area contributed by atoms with Crippen LogP contribution in [-0.2, 0) is 4.79 Å². The molecule has 1 N–H and O–H groups in total. The summed E-state index contributed by atoms with van der Waals surface area (Å²) in [5.74, 6) is 1.02. The summed E-state index contributed by atoms with van der Waals surface area (Å²) < 4.78 is 40.3. The van der Waals surface area contributed by atoms with Crippen molar-refractivity contribution in [3.05, 3.63) is 41.9 Å². The molecule has 1 aromatic carbocycles. The maximum absolute atomic E-state index is 12.2. The number of likely N-dealkylation sites (N-methyl/N-ethyl adjacent to an activating group) is 1. The molecule has 0 saturated carbocycles. The van der Waals surface area contributed by atoms with Crippen LogP contribution in [0.15, 0.2) is 30.3 Å². The van der Waals surface area contributed by atoms with Crippen molar-refractivity contribution in [2.45, 2.75) is 26.3 Å². The van der Waals surface area contributed by atoms with E-state index in [-0.39, 0.29) is 24.2 Å². The van der Waals surface area contributed by atoms with E-state index in [4.69, 9.17) is 0 Å². The lowest BCUT2D eigenvalue weighted by molar-refractivity contribution is -0.274. The van der Waals surface area contributed by atoms with E-state index >= 15 is 0 Å². The molecule has 1 fully saturated rings. The zero-order valence-corrected chi connectivity index (χ0v) is 16.3. The van der Waals surface area contributed by atoms with Gasteiger partial charge in [0.05, 0.1) is 6.54 Å². The topological polar surface area (TPSA) is 70.6 Å². The monoisotopic (exact) mass is 409 g/mol. The Morgan fingerprint density at radius 2 is 1.90 bits per heavy atom. The van der Waals surface area contributed by atoms with Crippen LogP contribution in [0.1, 0.15) is 11.5 Å². The first-order valence-electron chi connectivity index (χ1n) is 9.02. The largest absolute Gasteiger partial charge is 0.573 e. The van der Waals surface area contributed by atoms with E-state index in [1.54, 1.807) is 0 Å². The van der Waals surface area contributed by atoms with Crippen LogP contribution in [0.25, 0.3) is 0 Å². The number of aromatic nitrogens is 2. The van der Waals surface area contributed by atoms with Crippen molar-refractivity contribution < 1.29 is 22.7 Å². The quantitative estimate of drug-likeness (QED) is 0.791. The first-order valence-corrected chi connectivity index (χ1v) is 9.02. The number of ether oxygens (including phenoxy) is 1. The number of halogens is 3. The maximum Gasteiger partial charge on any atom is 0.573 e. The summed E-state index contributed by atoms with van der Waals surface area (Å²) in [6.07, 6.45) is -4.74. The average molecular weight is 409 g/mol. The third kappa shape index (κ3) is 5.80. The van der Waals surface area contributed by atoms with Crippen LogP contribution in [-0.4, -0.2) is 59.9 Å². The molecule has 1 amide bonds. The number of alkyl halides is 3. The Morgan fingerprint density at radius 1 is 1.24 bits per heavy atom. The number of amides is 1. The van der Waals surface area contributed by atoms with Gasteiger partial charge in [0.1, 0.15) is 17.4 Å². The predicted molar refractivity (Wildman–Crippen MR) is 102 cm³/mol. The Kier molecular flexibility index (Phi) is 5.92. The van der Waals surface area contributed by atoms with Gasteiger partial charge in [0.25, 0.3) is 0 Å². The molecule has 2 aromatic rings. The fourth-order valence-electron chi connectivity index (χ4n) is 3.08. The molecule has 29 heavy (non-hydrogen) atoms. The van der Waals surface area contributed by atoms with Crippen LogP contribution in [0.3, 0.4) is 0 Å². The number of hydrogen-bond donors (Lipinski definition) is 1. The van der Waals surface area contributed by atoms with Crippen molar-refractivity contribution in [3.8, 4) is 5.75 Å². The highest BCUT2D eigenvalue weighted by Gasteiger charge is 2.32. The van der Waals surface area contributed by atoms with Gasteiger partial charge in [-0.15, -0.1) is 13.2 Å². The smallest absolute Gasteiger partial charge is 0.406 e. The second-order valence-electron chi connectivity index (χ2n) is 7.01. The van der Waals surface area contributed by atoms with Crippen LogP contribution < -0.4 is 15.0 Å². The van der Waals surface area contributed by atoms with E-state index in [0.29, 0.717) is 5.69 Å². The molecule has 0 aliphatic carbocycles. The van der Waals surface area contributed by atoms with E-state index < -0.39 is 6.36 Å². The normalized spacial score (nSPS) is 14.7. The highest BCUT2D eigenvalue weighted by atomic mass is 19.4. The number of nitrogens with one attached hydrogen (secondary N) is 1. The third-order valence-corrected chi connectivity index (χ3v) is 4.53. The van der Waals surface area contributed by atoms with Gasteiger partial charge in [0, 0.05) is 36.6 Å². The number of rotatable bonds is 6. The van der Waals surface area contributed by atoms with Crippen molar-refractivity contribution >= 4 is 17.4 Å². The summed E-state index contributed by atoms with van der Waals surface area (Å²) in [5.41, 5.74) is 1.32. The average Bonchev–Trinajstić information content (AvgIpc) is 2.53. The summed E-state index contributed by atoms with van der Waals surface area (Å²) in [5, 5.41) is 2.67. The van der Waals surface area contributed by atoms with Gasteiger partial charge in [0.15, 0.2) is 0 Å². The van der Waals surface area contributed by atoms with Crippen molar-refractivity contribution in [1.82, 2.24) is 14.9 Å². The minimum atomic E-state index is -4.74. The lowest BCUT2D eigenvalue weighted by Gasteiger charge is -2.44. The molecule has 2 heterocycles. The molecule has 0 atom stereocenters. The fourth-order valence-corrected chi connectivity index (χ4v) is 3.08. The lowest BCUT2D eigenvalue weighted by atomic mass is 10.1. The van der Waals surface area contributed by atoms with E-state index in [9.17, 15) is 18.0 Å². The Balaban J connectivity index is 1.46. The number of hydrogen-bond acceptors (Lipinski definition) is 6. The molecule has 156 valence electrons. The molecule has 0 unspecified atom stereocenters. The molecule has 0 radical (unpaired) electrons. The first kappa shape index (κ1) is 20.8. The zero-order chi connectivity index (χ0) is 21.2. The molecule has 1 aliphatic rings. The molecular formula is C19H22F3N5O2. The highest BCUT2D eigenvalue weighted by molar-refractivity contribution is 5.92. The van der Waals surface area contributed by atoms with E-state index in [1.165, 1.54) is 12.1 Å². The number of carbonyl (C=O) groups is 1. The van der Waals surface area contributed by atoms with Gasteiger partial charge in [0.2, 0.25) is 5.91 Å². The molecule has 7 nitrogen and oxygen atoms in total. The molecule has 1 saturated heterocycles. The van der Waals surface area contributed by atoms with Gasteiger partial charge in [-0.25, -0.2) is 9.97 Å². The summed E-state index contributed by atoms with van der Waals surface area (Å²) in [4.78, 5) is 25.0. The van der Waals surface area contributed by atoms with Crippen molar-refractivity contribution in [1.29, 1.82) is 0 Å². The Bertz CT molecular complexity index is 847. The van der Waals surface area contributed by atoms with Crippen LogP contribution in [0.4, 0.5) is 24.7 Å². The van der Waals surface area contributed by atoms with Crippen LogP contribution in [0, 0.1) is 13.8 Å². The van der Waals surface area contributed by atoms with Gasteiger partial charge in [-0.3, -0.25) is 9.69 Å². The Morgan fingerprint density at radius 3 is 2.48 bits per heavy atom. The van der Waals surface area contributed by atoms with E-state index in [1.807, 2.05) is 31.9 Å². The van der Waals surface area contributed by atoms with Crippen molar-refractivity contribution in [3.63, 3.8) is 0 Å². The molecule has 0 bridgehead atoms. The first-order chi connectivity index (χ1) is 13.6. The van der Waals surface area contributed by atoms with Gasteiger partial charge >= 0.3 is 6.36 Å². The van der Waals surface area contributed by atoms with Gasteiger partial charge in [-0.1, -0.05) is 0 Å². The predicted octanol–water partition coefficient (Wildman–Crippen LogP) is 2.75. The van der Waals surface area contributed by atoms with Gasteiger partial charge in [-0.2, -0.15) is 0 Å². The standard InChI is InChI=1S/C19H22F3N5O2/c1-12-8-17(24-13(2)23-12)27-9-15(10-27)26(3)11-18(28)25-14-4-6-16(7-5-14)29-19(20,21)22/h4-8,15H,9-11H2,1-3H3,(H,25,28). The molecule has 0 spiro atoms. The van der Waals surface area contributed by atoms with E-state index in [2.05, 4.69) is 24.9 Å². The molecule has 1 aliphatic heterocycles. The van der Waals surface area contributed by atoms with E-state index in [0.717, 1.165) is 42.6 Å². The number of benzene rings is 1. The third-order valence-electron chi connectivity index (χ3n) is 4.53. The summed E-state index contributed by atoms with van der Waals surface area (Å²) in [7, 11) is 1.86.